The summed E-state index contributed by atoms with van der Waals surface area (Å²) in [5, 5.41) is 21.6. The van der Waals surface area contributed by atoms with Crippen molar-refractivity contribution in [2.45, 2.75) is 83.1 Å². The van der Waals surface area contributed by atoms with Crippen LogP contribution in [0.3, 0.4) is 0 Å². The smallest absolute Gasteiger partial charge is 0.303 e. The second kappa shape index (κ2) is 15.3. The number of carbonyl (C=O) groups is 2. The minimum atomic E-state index is -0.784. The van der Waals surface area contributed by atoms with Gasteiger partial charge in [-0.15, -0.1) is 0 Å². The highest BCUT2D eigenvalue weighted by molar-refractivity contribution is 6.40. The van der Waals surface area contributed by atoms with Gasteiger partial charge >= 0.3 is 5.97 Å². The summed E-state index contributed by atoms with van der Waals surface area (Å²) in [5.41, 5.74) is 3.61. The Morgan fingerprint density at radius 1 is 0.927 bits per heavy atom. The molecule has 1 aliphatic rings. The van der Waals surface area contributed by atoms with Crippen molar-refractivity contribution < 1.29 is 29.3 Å². The number of hydrogen-bond donors (Lipinski definition) is 3. The molecule has 2 aromatic carbocycles. The first-order chi connectivity index (χ1) is 19.8. The van der Waals surface area contributed by atoms with Crippen LogP contribution < -0.4 is 5.32 Å². The number of carbonyl (C=O) groups excluding carboxylic acids is 1. The number of nitrogens with one attached hydrogen (secondary N) is 1. The SMILES string of the molecule is O=C(O)CCCCCCC(=O)NCc1ccc(C2OC(Cn3cnc(Cl)c3Cl)CC(c3ccc(CO)cc3)O2)cc1. The molecule has 2 heterocycles. The van der Waals surface area contributed by atoms with Crippen molar-refractivity contribution in [3.05, 3.63) is 87.4 Å². The monoisotopic (exact) mass is 603 g/mol. The number of benzene rings is 2. The molecule has 1 amide bonds. The Balaban J connectivity index is 1.35. The van der Waals surface area contributed by atoms with Gasteiger partial charge < -0.3 is 29.6 Å². The molecule has 1 saturated heterocycles. The molecule has 1 aromatic heterocycles. The van der Waals surface area contributed by atoms with Gasteiger partial charge in [-0.2, -0.15) is 0 Å². The number of aliphatic hydroxyl groups excluding tert-OH is 1. The van der Waals surface area contributed by atoms with Crippen molar-refractivity contribution in [3.8, 4) is 0 Å². The molecule has 9 nitrogen and oxygen atoms in total. The van der Waals surface area contributed by atoms with Gasteiger partial charge in [0.15, 0.2) is 11.4 Å². The average molecular weight is 605 g/mol. The molecule has 3 aromatic rings. The van der Waals surface area contributed by atoms with E-state index in [1.54, 1.807) is 10.9 Å². The van der Waals surface area contributed by atoms with Crippen molar-refractivity contribution in [3.63, 3.8) is 0 Å². The van der Waals surface area contributed by atoms with Crippen LogP contribution in [-0.2, 0) is 38.8 Å². The topological polar surface area (TPSA) is 123 Å². The predicted octanol–water partition coefficient (Wildman–Crippen LogP) is 5.97. The molecule has 0 saturated carbocycles. The van der Waals surface area contributed by atoms with Gasteiger partial charge in [-0.3, -0.25) is 9.59 Å². The van der Waals surface area contributed by atoms with E-state index in [9.17, 15) is 14.7 Å². The molecule has 220 valence electrons. The maximum absolute atomic E-state index is 12.2. The molecule has 3 unspecified atom stereocenters. The zero-order valence-electron chi connectivity index (χ0n) is 22.7. The van der Waals surface area contributed by atoms with Crippen LogP contribution in [0.2, 0.25) is 10.3 Å². The molecular formula is C30H35Cl2N3O6. The number of carboxylic acid groups (broad SMARTS) is 1. The molecule has 0 aliphatic carbocycles. The van der Waals surface area contributed by atoms with Crippen LogP contribution in [0.25, 0.3) is 0 Å². The second-order valence-corrected chi connectivity index (χ2v) is 10.9. The summed E-state index contributed by atoms with van der Waals surface area (Å²) in [6.45, 7) is 0.835. The van der Waals surface area contributed by atoms with Gasteiger partial charge in [0.2, 0.25) is 5.91 Å². The van der Waals surface area contributed by atoms with Crippen LogP contribution in [0.5, 0.6) is 0 Å². The summed E-state index contributed by atoms with van der Waals surface area (Å²) < 4.78 is 14.5. The number of rotatable bonds is 14. The van der Waals surface area contributed by atoms with Gasteiger partial charge in [-0.1, -0.05) is 84.6 Å². The van der Waals surface area contributed by atoms with Crippen LogP contribution in [0.1, 0.15) is 79.6 Å². The summed E-state index contributed by atoms with van der Waals surface area (Å²) in [4.78, 5) is 26.8. The van der Waals surface area contributed by atoms with Crippen LogP contribution in [0.4, 0.5) is 0 Å². The molecule has 11 heteroatoms. The largest absolute Gasteiger partial charge is 0.481 e. The van der Waals surface area contributed by atoms with Crippen LogP contribution >= 0.6 is 23.2 Å². The third-order valence-corrected chi connectivity index (χ3v) is 7.80. The summed E-state index contributed by atoms with van der Waals surface area (Å²) >= 11 is 12.3. The Morgan fingerprint density at radius 2 is 1.59 bits per heavy atom. The predicted molar refractivity (Wildman–Crippen MR) is 154 cm³/mol. The molecule has 4 rings (SSSR count). The number of aliphatic hydroxyl groups is 1. The van der Waals surface area contributed by atoms with E-state index in [-0.39, 0.29) is 36.3 Å². The number of nitrogens with zero attached hydrogens (tertiary/aromatic N) is 2. The molecule has 3 atom stereocenters. The maximum Gasteiger partial charge on any atom is 0.303 e. The van der Waals surface area contributed by atoms with Gasteiger partial charge in [-0.25, -0.2) is 4.98 Å². The van der Waals surface area contributed by atoms with Crippen LogP contribution in [0.15, 0.2) is 54.9 Å². The lowest BCUT2D eigenvalue weighted by molar-refractivity contribution is -0.252. The fourth-order valence-corrected chi connectivity index (χ4v) is 5.03. The Bertz CT molecular complexity index is 1280. The normalized spacial score (nSPS) is 18.8. The van der Waals surface area contributed by atoms with E-state index in [2.05, 4.69) is 10.3 Å². The lowest BCUT2D eigenvalue weighted by atomic mass is 10.00. The number of unbranched alkanes of at least 4 members (excludes halogenated alkanes) is 3. The van der Waals surface area contributed by atoms with Crippen LogP contribution in [0, 0.1) is 0 Å². The van der Waals surface area contributed by atoms with E-state index < -0.39 is 12.3 Å². The fourth-order valence-electron chi connectivity index (χ4n) is 4.72. The van der Waals surface area contributed by atoms with Crippen molar-refractivity contribution >= 4 is 35.1 Å². The summed E-state index contributed by atoms with van der Waals surface area (Å²) in [6, 6.07) is 15.4. The minimum absolute atomic E-state index is 0.0255. The Morgan fingerprint density at radius 3 is 2.22 bits per heavy atom. The number of halogens is 2. The van der Waals surface area contributed by atoms with E-state index in [1.165, 1.54) is 0 Å². The lowest BCUT2D eigenvalue weighted by Gasteiger charge is -2.36. The quantitative estimate of drug-likeness (QED) is 0.194. The van der Waals surface area contributed by atoms with Crippen LogP contribution in [-0.4, -0.2) is 37.7 Å². The number of imidazole rings is 1. The molecule has 0 bridgehead atoms. The number of carboxylic acids is 1. The summed E-state index contributed by atoms with van der Waals surface area (Å²) in [7, 11) is 0. The first-order valence-corrected chi connectivity index (χ1v) is 14.5. The molecule has 0 radical (unpaired) electrons. The summed E-state index contributed by atoms with van der Waals surface area (Å²) in [5.74, 6) is -0.810. The Labute approximate surface area is 249 Å². The fraction of sp³-hybridized carbons (Fsp3) is 0.433. The molecule has 1 aliphatic heterocycles. The third-order valence-electron chi connectivity index (χ3n) is 7.03. The van der Waals surface area contributed by atoms with E-state index in [0.717, 1.165) is 41.5 Å². The lowest BCUT2D eigenvalue weighted by Crippen LogP contribution is -2.32. The van der Waals surface area contributed by atoms with E-state index in [0.29, 0.717) is 37.5 Å². The zero-order chi connectivity index (χ0) is 29.2. The van der Waals surface area contributed by atoms with E-state index in [4.69, 9.17) is 37.8 Å². The van der Waals surface area contributed by atoms with Gasteiger partial charge in [0.1, 0.15) is 5.15 Å². The number of aromatic nitrogens is 2. The Hall–Kier alpha value is -2.95. The van der Waals surface area contributed by atoms with Crippen molar-refractivity contribution in [2.24, 2.45) is 0 Å². The van der Waals surface area contributed by atoms with Gasteiger partial charge in [0, 0.05) is 31.4 Å². The summed E-state index contributed by atoms with van der Waals surface area (Å²) in [6.07, 6.45) is 4.69. The van der Waals surface area contributed by atoms with Crippen molar-refractivity contribution in [1.82, 2.24) is 14.9 Å². The number of ether oxygens (including phenoxy) is 2. The van der Waals surface area contributed by atoms with Gasteiger partial charge in [0.05, 0.1) is 31.7 Å². The first-order valence-electron chi connectivity index (χ1n) is 13.8. The van der Waals surface area contributed by atoms with E-state index >= 15 is 0 Å². The highest BCUT2D eigenvalue weighted by Gasteiger charge is 2.32. The van der Waals surface area contributed by atoms with Gasteiger partial charge in [0.25, 0.3) is 0 Å². The highest BCUT2D eigenvalue weighted by atomic mass is 35.5. The van der Waals surface area contributed by atoms with Crippen molar-refractivity contribution in [2.75, 3.05) is 0 Å². The maximum atomic E-state index is 12.2. The molecular weight excluding hydrogens is 569 g/mol. The van der Waals surface area contributed by atoms with E-state index in [1.807, 2.05) is 48.5 Å². The van der Waals surface area contributed by atoms with Gasteiger partial charge in [-0.05, 0) is 29.5 Å². The molecule has 0 spiro atoms. The molecule has 41 heavy (non-hydrogen) atoms. The number of hydrogen-bond acceptors (Lipinski definition) is 6. The molecule has 3 N–H and O–H groups in total. The zero-order valence-corrected chi connectivity index (χ0v) is 24.2. The highest BCUT2D eigenvalue weighted by Crippen LogP contribution is 2.39. The average Bonchev–Trinajstić information content (AvgIpc) is 3.30. The standard InChI is InChI=1S/C30H35Cl2N3O6/c31-28-29(32)35(19-34-28)17-24-15-25(22-11-9-21(18-36)10-12-22)41-30(40-24)23-13-7-20(8-14-23)16-33-26(37)5-3-1-2-4-6-27(38)39/h7-14,19,24-25,30,36H,1-6,15-18H2,(H,33,37)(H,38,39). The number of amides is 1. The second-order valence-electron chi connectivity index (χ2n) is 10.2. The minimum Gasteiger partial charge on any atom is -0.481 e. The number of aliphatic carboxylic acids is 1. The Kier molecular flexibility index (Phi) is 11.6. The first kappa shape index (κ1) is 31.0. The molecule has 1 fully saturated rings. The third kappa shape index (κ3) is 9.28. The van der Waals surface area contributed by atoms with Crippen molar-refractivity contribution in [1.29, 1.82) is 0 Å².